The first-order chi connectivity index (χ1) is 19.0. The van der Waals surface area contributed by atoms with E-state index in [0.717, 1.165) is 36.8 Å². The number of carbonyl (C=O) groups is 3. The van der Waals surface area contributed by atoms with E-state index in [-0.39, 0.29) is 23.8 Å². The molecule has 3 aliphatic rings. The second-order valence-electron chi connectivity index (χ2n) is 10.8. The Labute approximate surface area is 230 Å². The van der Waals surface area contributed by atoms with Crippen molar-refractivity contribution in [3.8, 4) is 0 Å². The highest BCUT2D eigenvalue weighted by Crippen LogP contribution is 2.30. The molecule has 5 rings (SSSR count). The van der Waals surface area contributed by atoms with Crippen molar-refractivity contribution in [1.82, 2.24) is 16.0 Å². The molecule has 2 aromatic carbocycles. The fraction of sp³-hybridized carbons (Fsp3) is 0.364. The van der Waals surface area contributed by atoms with Gasteiger partial charge in [-0.15, -0.1) is 0 Å². The standard InChI is InChI=1S/C33H35N3O3/c37-30(26-15-6-2-7-16-26)36-33(21-20-25-14-10-11-17-27(25)23-33)32(39)35-29(22-24-12-4-1-5-13-24)31(38)34-28-18-8-3-9-19-28/h1,4-6,10-17,28-29H,3,8-9,18-23H2,(H,34,38)(H,35,39)(H,36,37)/t29-,33-/m0/s1. The third-order valence-electron chi connectivity index (χ3n) is 7.99. The molecule has 2 aromatic rings. The van der Waals surface area contributed by atoms with E-state index >= 15 is 0 Å². The molecule has 1 fully saturated rings. The number of hydrogen-bond acceptors (Lipinski definition) is 3. The third-order valence-corrected chi connectivity index (χ3v) is 7.99. The van der Waals surface area contributed by atoms with Crippen LogP contribution in [0.2, 0.25) is 0 Å². The van der Waals surface area contributed by atoms with Gasteiger partial charge in [-0.2, -0.15) is 0 Å². The Morgan fingerprint density at radius 1 is 0.923 bits per heavy atom. The maximum atomic E-state index is 14.2. The van der Waals surface area contributed by atoms with Crippen LogP contribution >= 0.6 is 0 Å². The van der Waals surface area contributed by atoms with E-state index in [1.807, 2.05) is 48.5 Å². The average molecular weight is 522 g/mol. The van der Waals surface area contributed by atoms with Crippen molar-refractivity contribution < 1.29 is 14.4 Å². The second kappa shape index (κ2) is 12.2. The fourth-order valence-corrected chi connectivity index (χ4v) is 5.77. The smallest absolute Gasteiger partial charge is 0.252 e. The van der Waals surface area contributed by atoms with Crippen LogP contribution < -0.4 is 16.0 Å². The van der Waals surface area contributed by atoms with Gasteiger partial charge >= 0.3 is 0 Å². The van der Waals surface area contributed by atoms with Crippen LogP contribution in [0.5, 0.6) is 0 Å². The number of aryl methyl sites for hydroxylation is 1. The maximum absolute atomic E-state index is 14.2. The molecule has 0 aromatic heterocycles. The number of allylic oxidation sites excluding steroid dienone is 2. The number of amides is 3. The average Bonchev–Trinajstić information content (AvgIpc) is 2.98. The highest BCUT2D eigenvalue weighted by Gasteiger charge is 2.44. The molecule has 0 heterocycles. The van der Waals surface area contributed by atoms with Crippen LogP contribution in [0.4, 0.5) is 0 Å². The van der Waals surface area contributed by atoms with Crippen molar-refractivity contribution in [1.29, 1.82) is 0 Å². The molecule has 0 radical (unpaired) electrons. The molecular weight excluding hydrogens is 486 g/mol. The Hall–Kier alpha value is -4.11. The van der Waals surface area contributed by atoms with Crippen molar-refractivity contribution >= 4 is 17.7 Å². The Morgan fingerprint density at radius 3 is 2.41 bits per heavy atom. The summed E-state index contributed by atoms with van der Waals surface area (Å²) in [6, 6.07) is 17.1. The molecule has 6 nitrogen and oxygen atoms in total. The van der Waals surface area contributed by atoms with Crippen molar-refractivity contribution in [3.05, 3.63) is 107 Å². The quantitative estimate of drug-likeness (QED) is 0.459. The zero-order valence-corrected chi connectivity index (χ0v) is 22.2. The normalized spacial score (nSPS) is 20.9. The van der Waals surface area contributed by atoms with Crippen LogP contribution in [0, 0.1) is 0 Å². The van der Waals surface area contributed by atoms with Crippen LogP contribution in [-0.2, 0) is 33.6 Å². The summed E-state index contributed by atoms with van der Waals surface area (Å²) in [5.41, 5.74) is 8.00. The van der Waals surface area contributed by atoms with Crippen molar-refractivity contribution in [2.75, 3.05) is 0 Å². The molecule has 6 heteroatoms. The monoisotopic (exact) mass is 521 g/mol. The maximum Gasteiger partial charge on any atom is 0.252 e. The molecule has 200 valence electrons. The lowest BCUT2D eigenvalue weighted by molar-refractivity contribution is -0.136. The van der Waals surface area contributed by atoms with E-state index in [1.165, 1.54) is 12.0 Å². The minimum absolute atomic E-state index is 0.128. The van der Waals surface area contributed by atoms with Crippen LogP contribution in [0.3, 0.4) is 0 Å². The predicted octanol–water partition coefficient (Wildman–Crippen LogP) is 4.01. The molecule has 3 amide bonds. The van der Waals surface area contributed by atoms with Gasteiger partial charge in [0.2, 0.25) is 11.8 Å². The molecule has 39 heavy (non-hydrogen) atoms. The molecule has 0 spiro atoms. The van der Waals surface area contributed by atoms with E-state index in [9.17, 15) is 14.4 Å². The Balaban J connectivity index is 1.41. The minimum atomic E-state index is -1.19. The summed E-state index contributed by atoms with van der Waals surface area (Å²) in [4.78, 5) is 41.0. The summed E-state index contributed by atoms with van der Waals surface area (Å²) in [5, 5.41) is 9.33. The second-order valence-corrected chi connectivity index (χ2v) is 10.8. The van der Waals surface area contributed by atoms with E-state index in [0.29, 0.717) is 31.3 Å². The largest absolute Gasteiger partial charge is 0.352 e. The van der Waals surface area contributed by atoms with Crippen LogP contribution in [0.1, 0.15) is 55.2 Å². The minimum Gasteiger partial charge on any atom is -0.352 e. The lowest BCUT2D eigenvalue weighted by Gasteiger charge is -2.39. The zero-order valence-electron chi connectivity index (χ0n) is 22.2. The van der Waals surface area contributed by atoms with Gasteiger partial charge in [-0.1, -0.05) is 85.3 Å². The Kier molecular flexibility index (Phi) is 8.27. The van der Waals surface area contributed by atoms with Gasteiger partial charge in [0.25, 0.3) is 5.91 Å². The molecule has 0 saturated heterocycles. The summed E-state index contributed by atoms with van der Waals surface area (Å²) < 4.78 is 0. The van der Waals surface area contributed by atoms with Gasteiger partial charge < -0.3 is 16.0 Å². The number of benzene rings is 2. The summed E-state index contributed by atoms with van der Waals surface area (Å²) in [7, 11) is 0. The fourth-order valence-electron chi connectivity index (χ4n) is 5.77. The van der Waals surface area contributed by atoms with Crippen LogP contribution in [0.25, 0.3) is 0 Å². The molecule has 3 N–H and O–H groups in total. The highest BCUT2D eigenvalue weighted by atomic mass is 16.2. The van der Waals surface area contributed by atoms with E-state index in [2.05, 4.69) is 33.5 Å². The summed E-state index contributed by atoms with van der Waals surface area (Å²) in [6.07, 6.45) is 12.0. The predicted molar refractivity (Wildman–Crippen MR) is 151 cm³/mol. The molecule has 0 bridgehead atoms. The van der Waals surface area contributed by atoms with E-state index < -0.39 is 11.6 Å². The Bertz CT molecular complexity index is 1360. The summed E-state index contributed by atoms with van der Waals surface area (Å²) in [5.74, 6) is -0.859. The molecule has 1 saturated carbocycles. The van der Waals surface area contributed by atoms with Gasteiger partial charge in [-0.3, -0.25) is 14.4 Å². The highest BCUT2D eigenvalue weighted by molar-refractivity contribution is 6.02. The summed E-state index contributed by atoms with van der Waals surface area (Å²) in [6.45, 7) is 0. The first kappa shape index (κ1) is 26.5. The van der Waals surface area contributed by atoms with E-state index in [4.69, 9.17) is 0 Å². The number of rotatable bonds is 8. The molecule has 3 aliphatic carbocycles. The number of carbonyl (C=O) groups excluding carboxylic acids is 3. The Morgan fingerprint density at radius 2 is 1.67 bits per heavy atom. The van der Waals surface area contributed by atoms with Gasteiger partial charge in [-0.05, 0) is 54.5 Å². The van der Waals surface area contributed by atoms with Gasteiger partial charge in [0, 0.05) is 30.5 Å². The molecule has 0 aliphatic heterocycles. The van der Waals surface area contributed by atoms with Crippen molar-refractivity contribution in [2.24, 2.45) is 0 Å². The van der Waals surface area contributed by atoms with Crippen molar-refractivity contribution in [2.45, 2.75) is 75.4 Å². The molecule has 2 atom stereocenters. The van der Waals surface area contributed by atoms with Crippen LogP contribution in [0.15, 0.2) is 89.9 Å². The number of fused-ring (bicyclic) bond motifs is 1. The summed E-state index contributed by atoms with van der Waals surface area (Å²) >= 11 is 0. The first-order valence-corrected chi connectivity index (χ1v) is 13.9. The van der Waals surface area contributed by atoms with E-state index in [1.54, 1.807) is 18.2 Å². The lowest BCUT2D eigenvalue weighted by atomic mass is 9.76. The number of hydrogen-bond donors (Lipinski definition) is 3. The molecule has 0 unspecified atom stereocenters. The van der Waals surface area contributed by atoms with Gasteiger partial charge in [0.15, 0.2) is 0 Å². The first-order valence-electron chi connectivity index (χ1n) is 13.9. The van der Waals surface area contributed by atoms with Crippen molar-refractivity contribution in [3.63, 3.8) is 0 Å². The SMILES string of the molecule is O=C(N[C@@]1(C(=O)N[C@@H](Cc2ccccc2)C(=O)NC2CCCCC2)CCc2ccccc2C1)C1=CC=C=C=C1. The topological polar surface area (TPSA) is 87.3 Å². The van der Waals surface area contributed by atoms with Gasteiger partial charge in [0.05, 0.1) is 0 Å². The lowest BCUT2D eigenvalue weighted by Crippen LogP contribution is -2.64. The van der Waals surface area contributed by atoms with Crippen LogP contribution in [-0.4, -0.2) is 35.3 Å². The number of nitrogens with one attached hydrogen (secondary N) is 3. The van der Waals surface area contributed by atoms with Gasteiger partial charge in [0.1, 0.15) is 11.6 Å². The zero-order chi connectivity index (χ0) is 27.1. The molecular formula is C33H35N3O3. The van der Waals surface area contributed by atoms with Gasteiger partial charge in [-0.25, -0.2) is 0 Å². The third kappa shape index (κ3) is 6.49.